The number of fused-ring (bicyclic) bond motifs is 1. The fourth-order valence-corrected chi connectivity index (χ4v) is 3.08. The van der Waals surface area contributed by atoms with Crippen molar-refractivity contribution in [1.29, 1.82) is 0 Å². The number of esters is 1. The Kier molecular flexibility index (Phi) is 1.37. The Balaban J connectivity index is 1.98. The summed E-state index contributed by atoms with van der Waals surface area (Å²) in [4.78, 5) is 11.1. The number of allylic oxidation sites excluding steroid dienone is 1. The summed E-state index contributed by atoms with van der Waals surface area (Å²) in [6.07, 6.45) is 4.87. The van der Waals surface area contributed by atoms with Crippen molar-refractivity contribution in [1.82, 2.24) is 0 Å². The van der Waals surface area contributed by atoms with Crippen LogP contribution in [0.4, 0.5) is 0 Å². The summed E-state index contributed by atoms with van der Waals surface area (Å²) in [5, 5.41) is 9.77. The van der Waals surface area contributed by atoms with Gasteiger partial charge in [0.2, 0.25) is 0 Å². The highest BCUT2D eigenvalue weighted by Crippen LogP contribution is 2.51. The number of hydrogen-bond donors (Lipinski definition) is 1. The highest BCUT2D eigenvalue weighted by molar-refractivity contribution is 5.82. The van der Waals surface area contributed by atoms with Crippen LogP contribution < -0.4 is 0 Å². The Morgan fingerprint density at radius 1 is 1.46 bits per heavy atom. The molecule has 0 aromatic carbocycles. The quantitative estimate of drug-likeness (QED) is 0.552. The van der Waals surface area contributed by atoms with Crippen molar-refractivity contribution in [2.45, 2.75) is 25.0 Å². The van der Waals surface area contributed by atoms with Crippen LogP contribution in [0, 0.1) is 17.8 Å². The van der Waals surface area contributed by atoms with Crippen molar-refractivity contribution in [3.8, 4) is 0 Å². The molecule has 0 unspecified atom stereocenters. The van der Waals surface area contributed by atoms with Crippen LogP contribution in [-0.2, 0) is 9.53 Å². The van der Waals surface area contributed by atoms with Crippen LogP contribution in [0.15, 0.2) is 12.2 Å². The third-order valence-corrected chi connectivity index (χ3v) is 3.67. The second-order valence-electron chi connectivity index (χ2n) is 4.31. The van der Waals surface area contributed by atoms with E-state index < -0.39 is 6.10 Å². The molecule has 2 bridgehead atoms. The fraction of sp³-hybridized carbons (Fsp3) is 0.700. The maximum atomic E-state index is 11.1. The van der Waals surface area contributed by atoms with Gasteiger partial charge in [0.15, 0.2) is 0 Å². The van der Waals surface area contributed by atoms with Gasteiger partial charge in [0.25, 0.3) is 0 Å². The third-order valence-electron chi connectivity index (χ3n) is 3.67. The van der Waals surface area contributed by atoms with Crippen LogP contribution >= 0.6 is 0 Å². The van der Waals surface area contributed by atoms with Crippen molar-refractivity contribution in [3.63, 3.8) is 0 Å². The van der Waals surface area contributed by atoms with Crippen LogP contribution in [0.3, 0.4) is 0 Å². The molecule has 0 spiro atoms. The Hall–Kier alpha value is -0.830. The van der Waals surface area contributed by atoms with E-state index in [0.29, 0.717) is 17.8 Å². The zero-order valence-corrected chi connectivity index (χ0v) is 7.22. The molecule has 70 valence electrons. The lowest BCUT2D eigenvalue weighted by molar-refractivity contribution is -0.152. The van der Waals surface area contributed by atoms with Gasteiger partial charge in [0, 0.05) is 12.0 Å². The zero-order valence-electron chi connectivity index (χ0n) is 7.22. The smallest absolute Gasteiger partial charge is 0.330 e. The van der Waals surface area contributed by atoms with Crippen molar-refractivity contribution >= 4 is 5.97 Å². The maximum Gasteiger partial charge on any atom is 0.330 e. The van der Waals surface area contributed by atoms with E-state index in [9.17, 15) is 9.90 Å². The van der Waals surface area contributed by atoms with E-state index in [0.717, 1.165) is 12.8 Å². The van der Waals surface area contributed by atoms with Crippen LogP contribution in [-0.4, -0.2) is 23.3 Å². The highest BCUT2D eigenvalue weighted by Gasteiger charge is 2.54. The van der Waals surface area contributed by atoms with Crippen LogP contribution in [0.25, 0.3) is 0 Å². The van der Waals surface area contributed by atoms with E-state index in [1.807, 2.05) is 6.08 Å². The lowest BCUT2D eigenvalue weighted by Crippen LogP contribution is -2.38. The molecule has 13 heavy (non-hydrogen) atoms. The van der Waals surface area contributed by atoms with Gasteiger partial charge in [-0.05, 0) is 24.7 Å². The maximum absolute atomic E-state index is 11.1. The molecule has 0 radical (unpaired) electrons. The number of carbonyl (C=O) groups excluding carboxylic acids is 1. The van der Waals surface area contributed by atoms with Crippen LogP contribution in [0.1, 0.15) is 12.8 Å². The largest absolute Gasteiger partial charge is 0.456 e. The van der Waals surface area contributed by atoms with Crippen molar-refractivity contribution in [2.75, 3.05) is 0 Å². The summed E-state index contributed by atoms with van der Waals surface area (Å²) < 4.78 is 5.17. The predicted molar refractivity (Wildman–Crippen MR) is 44.7 cm³/mol. The van der Waals surface area contributed by atoms with E-state index >= 15 is 0 Å². The molecular formula is C10H12O3. The van der Waals surface area contributed by atoms with Gasteiger partial charge in [-0.2, -0.15) is 0 Å². The molecule has 1 heterocycles. The first-order valence-corrected chi connectivity index (χ1v) is 4.82. The fourth-order valence-electron chi connectivity index (χ4n) is 3.08. The number of hydrogen-bond acceptors (Lipinski definition) is 3. The molecule has 0 aromatic heterocycles. The van der Waals surface area contributed by atoms with E-state index in [4.69, 9.17) is 4.74 Å². The highest BCUT2D eigenvalue weighted by atomic mass is 16.6. The topological polar surface area (TPSA) is 46.5 Å². The number of ether oxygens (including phenoxy) is 1. The number of carbonyl (C=O) groups is 1. The van der Waals surface area contributed by atoms with E-state index in [1.165, 1.54) is 6.08 Å². The average Bonchev–Trinajstić information content (AvgIpc) is 2.60. The first-order chi connectivity index (χ1) is 6.25. The summed E-state index contributed by atoms with van der Waals surface area (Å²) in [6, 6.07) is 0. The Morgan fingerprint density at radius 3 is 3.08 bits per heavy atom. The average molecular weight is 180 g/mol. The Bertz CT molecular complexity index is 284. The molecule has 3 nitrogen and oxygen atoms in total. The zero-order chi connectivity index (χ0) is 9.00. The van der Waals surface area contributed by atoms with Gasteiger partial charge < -0.3 is 9.84 Å². The van der Waals surface area contributed by atoms with Gasteiger partial charge in [0.1, 0.15) is 6.10 Å². The monoisotopic (exact) mass is 180 g/mol. The summed E-state index contributed by atoms with van der Waals surface area (Å²) in [6.45, 7) is 0. The molecule has 2 aliphatic carbocycles. The van der Waals surface area contributed by atoms with Crippen molar-refractivity contribution in [3.05, 3.63) is 12.2 Å². The Labute approximate surface area is 76.4 Å². The molecule has 0 amide bonds. The SMILES string of the molecule is O=C1C=C[C@H]2C[C@@H]3C[C@@H]2[C@H](O1)[C@H]3O. The molecule has 3 rings (SSSR count). The van der Waals surface area contributed by atoms with Crippen LogP contribution in [0.2, 0.25) is 0 Å². The van der Waals surface area contributed by atoms with E-state index in [1.54, 1.807) is 0 Å². The van der Waals surface area contributed by atoms with Gasteiger partial charge in [0.05, 0.1) is 6.10 Å². The molecule has 5 atom stereocenters. The summed E-state index contributed by atoms with van der Waals surface area (Å²) in [5.41, 5.74) is 0. The minimum Gasteiger partial charge on any atom is -0.456 e. The molecule has 1 aliphatic heterocycles. The van der Waals surface area contributed by atoms with Gasteiger partial charge in [-0.25, -0.2) is 4.79 Å². The number of rotatable bonds is 0. The van der Waals surface area contributed by atoms with Crippen LogP contribution in [0.5, 0.6) is 0 Å². The van der Waals surface area contributed by atoms with E-state index in [-0.39, 0.29) is 12.1 Å². The standard InChI is InChI=1S/C10H12O3/c11-8-2-1-5-3-6-4-7(5)10(13-8)9(6)12/h1-2,5-7,9-10,12H,3-4H2/t5-,6+,7-,9-,10-/m0/s1. The first-order valence-electron chi connectivity index (χ1n) is 4.82. The second-order valence-corrected chi connectivity index (χ2v) is 4.31. The molecular weight excluding hydrogens is 168 g/mol. The van der Waals surface area contributed by atoms with Crippen molar-refractivity contribution in [2.24, 2.45) is 17.8 Å². The molecule has 3 aliphatic rings. The summed E-state index contributed by atoms with van der Waals surface area (Å²) in [5.74, 6) is 0.905. The number of aliphatic hydroxyl groups excluding tert-OH is 1. The van der Waals surface area contributed by atoms with Gasteiger partial charge in [-0.15, -0.1) is 0 Å². The third kappa shape index (κ3) is 0.908. The number of aliphatic hydroxyl groups is 1. The molecule has 0 saturated heterocycles. The minimum atomic E-state index is -0.412. The van der Waals surface area contributed by atoms with Gasteiger partial charge >= 0.3 is 5.97 Å². The minimum absolute atomic E-state index is 0.230. The summed E-state index contributed by atoms with van der Waals surface area (Å²) >= 11 is 0. The van der Waals surface area contributed by atoms with Gasteiger partial charge in [-0.1, -0.05) is 6.08 Å². The van der Waals surface area contributed by atoms with Crippen molar-refractivity contribution < 1.29 is 14.6 Å². The van der Waals surface area contributed by atoms with E-state index in [2.05, 4.69) is 0 Å². The molecule has 2 fully saturated rings. The lowest BCUT2D eigenvalue weighted by Gasteiger charge is -2.28. The summed E-state index contributed by atoms with van der Waals surface area (Å²) in [7, 11) is 0. The molecule has 1 N–H and O–H groups in total. The lowest BCUT2D eigenvalue weighted by atomic mass is 9.85. The normalized spacial score (nSPS) is 52.1. The van der Waals surface area contributed by atoms with Gasteiger partial charge in [-0.3, -0.25) is 0 Å². The molecule has 2 saturated carbocycles. The Morgan fingerprint density at radius 2 is 2.31 bits per heavy atom. The predicted octanol–water partition coefficient (Wildman–Crippen LogP) is 0.485. The first kappa shape index (κ1) is 7.56. The second kappa shape index (κ2) is 2.35. The molecule has 3 heteroatoms. The molecule has 0 aromatic rings.